The van der Waals surface area contributed by atoms with Gasteiger partial charge in [0.25, 0.3) is 0 Å². The van der Waals surface area contributed by atoms with Gasteiger partial charge in [-0.1, -0.05) is 29.8 Å². The van der Waals surface area contributed by atoms with Crippen molar-refractivity contribution in [3.05, 3.63) is 55.1 Å². The molecular formula is C17H19BrClN5O3. The number of carbonyl (C=O) groups is 1. The van der Waals surface area contributed by atoms with Crippen molar-refractivity contribution < 1.29 is 9.72 Å². The van der Waals surface area contributed by atoms with Crippen molar-refractivity contribution in [2.45, 2.75) is 20.0 Å². The Morgan fingerprint density at radius 3 is 2.56 bits per heavy atom. The van der Waals surface area contributed by atoms with Gasteiger partial charge in [0.2, 0.25) is 5.91 Å². The zero-order chi connectivity index (χ0) is 19.6. The molecule has 1 saturated heterocycles. The maximum Gasteiger partial charge on any atom is 0.404 e. The van der Waals surface area contributed by atoms with E-state index in [1.54, 1.807) is 11.8 Å². The fourth-order valence-electron chi connectivity index (χ4n) is 3.03. The number of halogens is 2. The van der Waals surface area contributed by atoms with E-state index in [-0.39, 0.29) is 18.3 Å². The molecule has 1 fully saturated rings. The Morgan fingerprint density at radius 1 is 1.30 bits per heavy atom. The number of aromatic nitrogens is 2. The number of nitrogens with zero attached hydrogens (tertiary/aromatic N) is 5. The molecule has 0 aliphatic carbocycles. The van der Waals surface area contributed by atoms with Gasteiger partial charge in [-0.25, -0.2) is 0 Å². The van der Waals surface area contributed by atoms with Crippen LogP contribution in [0, 0.1) is 17.0 Å². The van der Waals surface area contributed by atoms with Crippen LogP contribution in [0.15, 0.2) is 28.7 Å². The molecule has 2 heterocycles. The molecule has 8 nitrogen and oxygen atoms in total. The van der Waals surface area contributed by atoms with E-state index in [4.69, 9.17) is 11.6 Å². The van der Waals surface area contributed by atoms with Crippen molar-refractivity contribution in [2.24, 2.45) is 0 Å². The van der Waals surface area contributed by atoms with Gasteiger partial charge >= 0.3 is 5.82 Å². The average molecular weight is 457 g/mol. The Balaban J connectivity index is 1.57. The van der Waals surface area contributed by atoms with Crippen molar-refractivity contribution >= 4 is 39.3 Å². The predicted octanol–water partition coefficient (Wildman–Crippen LogP) is 2.86. The molecule has 1 amide bonds. The van der Waals surface area contributed by atoms with Crippen molar-refractivity contribution in [2.75, 3.05) is 26.2 Å². The van der Waals surface area contributed by atoms with E-state index >= 15 is 0 Å². The molecule has 27 heavy (non-hydrogen) atoms. The third-order valence-corrected chi connectivity index (χ3v) is 5.95. The summed E-state index contributed by atoms with van der Waals surface area (Å²) < 4.78 is 1.69. The Hall–Kier alpha value is -1.97. The van der Waals surface area contributed by atoms with E-state index < -0.39 is 4.92 Å². The summed E-state index contributed by atoms with van der Waals surface area (Å²) in [6.07, 6.45) is 0. The minimum Gasteiger partial charge on any atom is -0.358 e. The van der Waals surface area contributed by atoms with Crippen molar-refractivity contribution in [3.8, 4) is 0 Å². The quantitative estimate of drug-likeness (QED) is 0.510. The van der Waals surface area contributed by atoms with Crippen LogP contribution in [0.4, 0.5) is 5.82 Å². The lowest BCUT2D eigenvalue weighted by Crippen LogP contribution is -2.49. The van der Waals surface area contributed by atoms with Crippen LogP contribution in [-0.2, 0) is 17.9 Å². The lowest BCUT2D eigenvalue weighted by atomic mass is 10.2. The molecule has 0 unspecified atom stereocenters. The fourth-order valence-corrected chi connectivity index (χ4v) is 3.65. The molecule has 0 spiro atoms. The van der Waals surface area contributed by atoms with E-state index in [9.17, 15) is 14.9 Å². The van der Waals surface area contributed by atoms with Crippen LogP contribution in [-0.4, -0.2) is 56.6 Å². The summed E-state index contributed by atoms with van der Waals surface area (Å²) in [5.41, 5.74) is 1.63. The third kappa shape index (κ3) is 4.48. The number of rotatable bonds is 5. The van der Waals surface area contributed by atoms with Crippen LogP contribution in [0.5, 0.6) is 0 Å². The first-order valence-corrected chi connectivity index (χ1v) is 9.64. The lowest BCUT2D eigenvalue weighted by Gasteiger charge is -2.34. The van der Waals surface area contributed by atoms with Gasteiger partial charge < -0.3 is 15.0 Å². The molecule has 0 atom stereocenters. The molecule has 3 rings (SSSR count). The minimum atomic E-state index is -0.564. The van der Waals surface area contributed by atoms with Crippen LogP contribution < -0.4 is 0 Å². The Morgan fingerprint density at radius 2 is 1.96 bits per heavy atom. The van der Waals surface area contributed by atoms with Crippen molar-refractivity contribution in [1.29, 1.82) is 0 Å². The number of hydrogen-bond acceptors (Lipinski definition) is 5. The number of amides is 1. The summed E-state index contributed by atoms with van der Waals surface area (Å²) in [5.74, 6) is -0.370. The zero-order valence-corrected chi connectivity index (χ0v) is 17.1. The number of piperazine rings is 1. The van der Waals surface area contributed by atoms with Gasteiger partial charge in [-0.05, 0) is 39.4 Å². The van der Waals surface area contributed by atoms with E-state index in [1.165, 1.54) is 4.68 Å². The summed E-state index contributed by atoms with van der Waals surface area (Å²) in [7, 11) is 0. The Bertz CT molecular complexity index is 864. The van der Waals surface area contributed by atoms with Gasteiger partial charge in [-0.2, -0.15) is 4.68 Å². The summed E-state index contributed by atoms with van der Waals surface area (Å²) in [6, 6.07) is 7.75. The fraction of sp³-hybridized carbons (Fsp3) is 0.412. The summed E-state index contributed by atoms with van der Waals surface area (Å²) in [5, 5.41) is 15.6. The zero-order valence-electron chi connectivity index (χ0n) is 14.8. The molecule has 10 heteroatoms. The molecule has 1 aromatic heterocycles. The summed E-state index contributed by atoms with van der Waals surface area (Å²) in [6.45, 7) is 5.14. The van der Waals surface area contributed by atoms with Gasteiger partial charge in [0.15, 0.2) is 0 Å². The largest absolute Gasteiger partial charge is 0.404 e. The smallest absolute Gasteiger partial charge is 0.358 e. The number of nitro groups is 1. The molecule has 1 aromatic carbocycles. The Kier molecular flexibility index (Phi) is 6.13. The van der Waals surface area contributed by atoms with E-state index in [1.807, 2.05) is 24.3 Å². The molecule has 1 aliphatic heterocycles. The topological polar surface area (TPSA) is 84.5 Å². The van der Waals surface area contributed by atoms with Crippen LogP contribution in [0.3, 0.4) is 0 Å². The maximum atomic E-state index is 12.6. The van der Waals surface area contributed by atoms with Crippen LogP contribution in [0.1, 0.15) is 11.3 Å². The molecule has 144 valence electrons. The van der Waals surface area contributed by atoms with Gasteiger partial charge in [0.05, 0.1) is 10.8 Å². The summed E-state index contributed by atoms with van der Waals surface area (Å²) >= 11 is 9.38. The highest BCUT2D eigenvalue weighted by molar-refractivity contribution is 9.10. The summed E-state index contributed by atoms with van der Waals surface area (Å²) in [4.78, 5) is 27.0. The molecule has 0 saturated carbocycles. The molecular weight excluding hydrogens is 438 g/mol. The van der Waals surface area contributed by atoms with E-state index in [0.29, 0.717) is 23.3 Å². The first-order valence-electron chi connectivity index (χ1n) is 8.47. The second kappa shape index (κ2) is 8.37. The second-order valence-corrected chi connectivity index (χ2v) is 7.59. The van der Waals surface area contributed by atoms with Crippen LogP contribution in [0.2, 0.25) is 5.02 Å². The van der Waals surface area contributed by atoms with E-state index in [2.05, 4.69) is 25.9 Å². The number of carbonyl (C=O) groups excluding carboxylic acids is 1. The first kappa shape index (κ1) is 19.8. The highest BCUT2D eigenvalue weighted by atomic mass is 79.9. The normalized spacial score (nSPS) is 15.1. The number of benzene rings is 1. The van der Waals surface area contributed by atoms with Gasteiger partial charge in [0.1, 0.15) is 11.0 Å². The van der Waals surface area contributed by atoms with Crippen molar-refractivity contribution in [3.63, 3.8) is 0 Å². The molecule has 0 N–H and O–H groups in total. The first-order chi connectivity index (χ1) is 12.9. The van der Waals surface area contributed by atoms with Crippen molar-refractivity contribution in [1.82, 2.24) is 19.6 Å². The molecule has 1 aliphatic rings. The minimum absolute atomic E-state index is 0.0111. The highest BCUT2D eigenvalue weighted by Crippen LogP contribution is 2.27. The highest BCUT2D eigenvalue weighted by Gasteiger charge is 2.27. The number of hydrogen-bond donors (Lipinski definition) is 0. The Labute approximate surface area is 170 Å². The van der Waals surface area contributed by atoms with Gasteiger partial charge in [-0.15, -0.1) is 0 Å². The van der Waals surface area contributed by atoms with Gasteiger partial charge in [0, 0.05) is 37.7 Å². The molecule has 2 aromatic rings. The molecule has 0 radical (unpaired) electrons. The standard InChI is InChI=1S/C17H19BrClN5O3/c1-12-16(18)17(24(26)27)20-23(12)11-15(25)22-8-6-21(7-9-22)10-13-4-2-3-5-14(13)19/h2-5H,6-11H2,1H3. The van der Waals surface area contributed by atoms with Crippen LogP contribution in [0.25, 0.3) is 0 Å². The lowest BCUT2D eigenvalue weighted by molar-refractivity contribution is -0.390. The monoisotopic (exact) mass is 455 g/mol. The van der Waals surface area contributed by atoms with Crippen LogP contribution >= 0.6 is 27.5 Å². The maximum absolute atomic E-state index is 12.6. The third-order valence-electron chi connectivity index (χ3n) is 4.65. The average Bonchev–Trinajstić information content (AvgIpc) is 2.93. The van der Waals surface area contributed by atoms with E-state index in [0.717, 1.165) is 30.2 Å². The predicted molar refractivity (Wildman–Crippen MR) is 105 cm³/mol. The molecule has 0 bridgehead atoms. The SMILES string of the molecule is Cc1c(Br)c([N+](=O)[O-])nn1CC(=O)N1CCN(Cc2ccccc2Cl)CC1. The van der Waals surface area contributed by atoms with Gasteiger partial charge in [-0.3, -0.25) is 9.69 Å². The second-order valence-electron chi connectivity index (χ2n) is 6.39.